The SMILES string of the molecule is Cc1cc(C(=O)O)cc(=O)n1C(C)C. The lowest BCUT2D eigenvalue weighted by Gasteiger charge is -2.13. The summed E-state index contributed by atoms with van der Waals surface area (Å²) < 4.78 is 1.56. The van der Waals surface area contributed by atoms with Crippen molar-refractivity contribution in [2.75, 3.05) is 0 Å². The fourth-order valence-corrected chi connectivity index (χ4v) is 1.50. The van der Waals surface area contributed by atoms with E-state index in [1.807, 2.05) is 13.8 Å². The van der Waals surface area contributed by atoms with Gasteiger partial charge in [0.1, 0.15) is 0 Å². The molecule has 1 rings (SSSR count). The molecular weight excluding hydrogens is 182 g/mol. The zero-order valence-electron chi connectivity index (χ0n) is 8.44. The normalized spacial score (nSPS) is 10.6. The van der Waals surface area contributed by atoms with Gasteiger partial charge in [-0.1, -0.05) is 0 Å². The van der Waals surface area contributed by atoms with Crippen LogP contribution in [-0.2, 0) is 0 Å². The van der Waals surface area contributed by atoms with Gasteiger partial charge in [0.15, 0.2) is 0 Å². The van der Waals surface area contributed by atoms with Crippen LogP contribution in [-0.4, -0.2) is 15.6 Å². The van der Waals surface area contributed by atoms with Crippen LogP contribution < -0.4 is 5.56 Å². The number of aromatic nitrogens is 1. The van der Waals surface area contributed by atoms with E-state index in [1.54, 1.807) is 11.5 Å². The Bertz CT molecular complexity index is 418. The molecule has 0 aliphatic rings. The largest absolute Gasteiger partial charge is 0.478 e. The van der Waals surface area contributed by atoms with E-state index in [0.29, 0.717) is 5.69 Å². The van der Waals surface area contributed by atoms with Gasteiger partial charge in [-0.3, -0.25) is 4.79 Å². The molecule has 1 aromatic rings. The summed E-state index contributed by atoms with van der Waals surface area (Å²) in [6.07, 6.45) is 0. The Morgan fingerprint density at radius 2 is 2.00 bits per heavy atom. The Morgan fingerprint density at radius 3 is 2.36 bits per heavy atom. The predicted octanol–water partition coefficient (Wildman–Crippen LogP) is 1.44. The third-order valence-electron chi connectivity index (χ3n) is 2.02. The molecule has 4 nitrogen and oxygen atoms in total. The maximum Gasteiger partial charge on any atom is 0.335 e. The van der Waals surface area contributed by atoms with Crippen LogP contribution in [0.15, 0.2) is 16.9 Å². The van der Waals surface area contributed by atoms with Crippen LogP contribution in [0, 0.1) is 6.92 Å². The van der Waals surface area contributed by atoms with Crippen molar-refractivity contribution in [3.05, 3.63) is 33.7 Å². The molecule has 4 heteroatoms. The first-order valence-corrected chi connectivity index (χ1v) is 4.40. The van der Waals surface area contributed by atoms with Crippen LogP contribution in [0.5, 0.6) is 0 Å². The van der Waals surface area contributed by atoms with Gasteiger partial charge in [0, 0.05) is 17.8 Å². The van der Waals surface area contributed by atoms with Crippen molar-refractivity contribution in [1.82, 2.24) is 4.57 Å². The maximum absolute atomic E-state index is 11.5. The number of aromatic carboxylic acids is 1. The molecule has 1 N–H and O–H groups in total. The zero-order chi connectivity index (χ0) is 10.9. The van der Waals surface area contributed by atoms with Crippen molar-refractivity contribution in [3.63, 3.8) is 0 Å². The van der Waals surface area contributed by atoms with Gasteiger partial charge in [-0.2, -0.15) is 0 Å². The second kappa shape index (κ2) is 3.65. The highest BCUT2D eigenvalue weighted by molar-refractivity contribution is 5.87. The summed E-state index contributed by atoms with van der Waals surface area (Å²) in [5.74, 6) is -1.07. The van der Waals surface area contributed by atoms with Gasteiger partial charge >= 0.3 is 5.97 Å². The molecule has 0 aliphatic heterocycles. The molecule has 0 atom stereocenters. The summed E-state index contributed by atoms with van der Waals surface area (Å²) in [7, 11) is 0. The molecule has 0 spiro atoms. The van der Waals surface area contributed by atoms with Crippen LogP contribution in [0.1, 0.15) is 35.9 Å². The van der Waals surface area contributed by atoms with Gasteiger partial charge in [-0.25, -0.2) is 4.79 Å². The van der Waals surface area contributed by atoms with E-state index in [4.69, 9.17) is 5.11 Å². The average Bonchev–Trinajstić information content (AvgIpc) is 2.01. The lowest BCUT2D eigenvalue weighted by Crippen LogP contribution is -2.24. The van der Waals surface area contributed by atoms with Crippen LogP contribution in [0.2, 0.25) is 0 Å². The monoisotopic (exact) mass is 195 g/mol. The maximum atomic E-state index is 11.5. The van der Waals surface area contributed by atoms with Crippen LogP contribution in [0.3, 0.4) is 0 Å². The number of carboxylic acid groups (broad SMARTS) is 1. The molecule has 0 aliphatic carbocycles. The third kappa shape index (κ3) is 1.84. The van der Waals surface area contributed by atoms with Gasteiger partial charge in [0.05, 0.1) is 5.56 Å². The molecule has 0 bridgehead atoms. The number of hydrogen-bond donors (Lipinski definition) is 1. The summed E-state index contributed by atoms with van der Waals surface area (Å²) in [5, 5.41) is 8.72. The number of nitrogens with zero attached hydrogens (tertiary/aromatic N) is 1. The van der Waals surface area contributed by atoms with Crippen molar-refractivity contribution < 1.29 is 9.90 Å². The average molecular weight is 195 g/mol. The molecule has 14 heavy (non-hydrogen) atoms. The van der Waals surface area contributed by atoms with E-state index in [-0.39, 0.29) is 17.2 Å². The first-order chi connectivity index (χ1) is 6.43. The smallest absolute Gasteiger partial charge is 0.335 e. The fourth-order valence-electron chi connectivity index (χ4n) is 1.50. The van der Waals surface area contributed by atoms with Crippen molar-refractivity contribution in [2.45, 2.75) is 26.8 Å². The van der Waals surface area contributed by atoms with E-state index in [2.05, 4.69) is 0 Å². The van der Waals surface area contributed by atoms with E-state index < -0.39 is 5.97 Å². The minimum absolute atomic E-state index is 0.0457. The van der Waals surface area contributed by atoms with Crippen molar-refractivity contribution in [2.24, 2.45) is 0 Å². The molecule has 0 unspecified atom stereocenters. The summed E-state index contributed by atoms with van der Waals surface area (Å²) in [5.41, 5.74) is 0.451. The summed E-state index contributed by atoms with van der Waals surface area (Å²) >= 11 is 0. The first kappa shape index (κ1) is 10.5. The van der Waals surface area contributed by atoms with E-state index in [9.17, 15) is 9.59 Å². The highest BCUT2D eigenvalue weighted by Crippen LogP contribution is 2.07. The van der Waals surface area contributed by atoms with E-state index in [1.165, 1.54) is 6.07 Å². The zero-order valence-corrected chi connectivity index (χ0v) is 8.44. The quantitative estimate of drug-likeness (QED) is 0.776. The molecule has 0 saturated carbocycles. The van der Waals surface area contributed by atoms with Crippen LogP contribution in [0.25, 0.3) is 0 Å². The Kier molecular flexibility index (Phi) is 2.74. The van der Waals surface area contributed by atoms with Gasteiger partial charge in [-0.05, 0) is 26.8 Å². The van der Waals surface area contributed by atoms with Gasteiger partial charge in [-0.15, -0.1) is 0 Å². The summed E-state index contributed by atoms with van der Waals surface area (Å²) in [4.78, 5) is 22.1. The van der Waals surface area contributed by atoms with Gasteiger partial charge in [0.25, 0.3) is 5.56 Å². The first-order valence-electron chi connectivity index (χ1n) is 4.40. The molecule has 1 heterocycles. The summed E-state index contributed by atoms with van der Waals surface area (Å²) in [6.45, 7) is 5.50. The minimum Gasteiger partial charge on any atom is -0.478 e. The Balaban J connectivity index is 3.40. The third-order valence-corrected chi connectivity index (χ3v) is 2.02. The number of pyridine rings is 1. The van der Waals surface area contributed by atoms with E-state index >= 15 is 0 Å². The second-order valence-corrected chi connectivity index (χ2v) is 3.49. The topological polar surface area (TPSA) is 59.3 Å². The van der Waals surface area contributed by atoms with Crippen LogP contribution >= 0.6 is 0 Å². The fraction of sp³-hybridized carbons (Fsp3) is 0.400. The summed E-state index contributed by atoms with van der Waals surface area (Å²) in [6, 6.07) is 2.70. The molecule has 0 amide bonds. The lowest BCUT2D eigenvalue weighted by molar-refractivity contribution is 0.0696. The Morgan fingerprint density at radius 1 is 1.43 bits per heavy atom. The predicted molar refractivity (Wildman–Crippen MR) is 52.8 cm³/mol. The molecule has 1 aromatic heterocycles. The Labute approximate surface area is 81.8 Å². The molecule has 0 aromatic carbocycles. The van der Waals surface area contributed by atoms with Crippen molar-refractivity contribution in [3.8, 4) is 0 Å². The number of rotatable bonds is 2. The lowest BCUT2D eigenvalue weighted by atomic mass is 10.2. The van der Waals surface area contributed by atoms with Gasteiger partial charge < -0.3 is 9.67 Å². The Hall–Kier alpha value is -1.58. The molecule has 0 saturated heterocycles. The molecule has 0 radical (unpaired) electrons. The van der Waals surface area contributed by atoms with Crippen molar-refractivity contribution in [1.29, 1.82) is 0 Å². The van der Waals surface area contributed by atoms with Crippen LogP contribution in [0.4, 0.5) is 0 Å². The number of aryl methyl sites for hydroxylation is 1. The molecule has 76 valence electrons. The highest BCUT2D eigenvalue weighted by atomic mass is 16.4. The number of carboxylic acids is 1. The minimum atomic E-state index is -1.07. The van der Waals surface area contributed by atoms with Gasteiger partial charge in [0.2, 0.25) is 0 Å². The second-order valence-electron chi connectivity index (χ2n) is 3.49. The molecular formula is C10H13NO3. The van der Waals surface area contributed by atoms with Crippen molar-refractivity contribution >= 4 is 5.97 Å². The van der Waals surface area contributed by atoms with E-state index in [0.717, 1.165) is 6.07 Å². The highest BCUT2D eigenvalue weighted by Gasteiger charge is 2.09. The number of hydrogen-bond acceptors (Lipinski definition) is 2. The standard InChI is InChI=1S/C10H13NO3/c1-6(2)11-7(3)4-8(10(13)14)5-9(11)12/h4-6H,1-3H3,(H,13,14). The number of carbonyl (C=O) groups is 1. The molecule has 0 fully saturated rings.